The number of hydrogen-bond donors (Lipinski definition) is 1. The number of hydrogen-bond acceptors (Lipinski definition) is 7. The Morgan fingerprint density at radius 1 is 1.33 bits per heavy atom. The first-order chi connectivity index (χ1) is 10.1. The SMILES string of the molecule is CCCNc1nc(C)c([N+](=O)[O-])c(Sc2ccncc2)n1. The monoisotopic (exact) mass is 305 g/mol. The summed E-state index contributed by atoms with van der Waals surface area (Å²) >= 11 is 1.23. The van der Waals surface area contributed by atoms with Gasteiger partial charge in [0.1, 0.15) is 5.69 Å². The first-order valence-corrected chi connectivity index (χ1v) is 7.28. The number of nitrogens with zero attached hydrogens (tertiary/aromatic N) is 4. The molecule has 0 aliphatic heterocycles. The van der Waals surface area contributed by atoms with Gasteiger partial charge in [-0.3, -0.25) is 15.1 Å². The summed E-state index contributed by atoms with van der Waals surface area (Å²) in [4.78, 5) is 24.0. The molecule has 0 amide bonds. The Labute approximate surface area is 126 Å². The Kier molecular flexibility index (Phi) is 5.04. The molecule has 2 aromatic heterocycles. The average Bonchev–Trinajstić information content (AvgIpc) is 2.45. The van der Waals surface area contributed by atoms with Crippen LogP contribution >= 0.6 is 11.8 Å². The number of aryl methyl sites for hydroxylation is 1. The molecular weight excluding hydrogens is 290 g/mol. The maximum Gasteiger partial charge on any atom is 0.322 e. The van der Waals surface area contributed by atoms with Crippen molar-refractivity contribution in [2.75, 3.05) is 11.9 Å². The molecular formula is C13H15N5O2S. The van der Waals surface area contributed by atoms with Gasteiger partial charge >= 0.3 is 5.69 Å². The van der Waals surface area contributed by atoms with Gasteiger partial charge in [-0.05, 0) is 25.5 Å². The van der Waals surface area contributed by atoms with Crippen molar-refractivity contribution in [3.8, 4) is 0 Å². The third-order valence-corrected chi connectivity index (χ3v) is 3.59. The third kappa shape index (κ3) is 3.88. The van der Waals surface area contributed by atoms with Crippen molar-refractivity contribution in [3.05, 3.63) is 40.3 Å². The maximum absolute atomic E-state index is 11.2. The molecule has 21 heavy (non-hydrogen) atoms. The number of pyridine rings is 1. The highest BCUT2D eigenvalue weighted by Gasteiger charge is 2.22. The molecule has 0 bridgehead atoms. The summed E-state index contributed by atoms with van der Waals surface area (Å²) in [7, 11) is 0. The number of anilines is 1. The largest absolute Gasteiger partial charge is 0.354 e. The third-order valence-electron chi connectivity index (χ3n) is 2.61. The summed E-state index contributed by atoms with van der Waals surface area (Å²) < 4.78 is 0. The molecule has 2 heterocycles. The molecule has 0 radical (unpaired) electrons. The predicted molar refractivity (Wildman–Crippen MR) is 80.6 cm³/mol. The van der Waals surface area contributed by atoms with Crippen LogP contribution in [-0.4, -0.2) is 26.4 Å². The van der Waals surface area contributed by atoms with Crippen molar-refractivity contribution >= 4 is 23.4 Å². The fourth-order valence-corrected chi connectivity index (χ4v) is 2.59. The van der Waals surface area contributed by atoms with E-state index in [1.807, 2.05) is 6.92 Å². The van der Waals surface area contributed by atoms with Gasteiger partial charge in [0, 0.05) is 23.8 Å². The molecule has 2 aromatic rings. The normalized spacial score (nSPS) is 10.4. The number of aromatic nitrogens is 3. The molecule has 0 aliphatic carbocycles. The molecule has 1 N–H and O–H groups in total. The zero-order chi connectivity index (χ0) is 15.2. The first kappa shape index (κ1) is 15.2. The molecule has 0 saturated carbocycles. The quantitative estimate of drug-likeness (QED) is 0.498. The van der Waals surface area contributed by atoms with E-state index in [2.05, 4.69) is 20.3 Å². The van der Waals surface area contributed by atoms with E-state index in [9.17, 15) is 10.1 Å². The van der Waals surface area contributed by atoms with Crippen molar-refractivity contribution in [3.63, 3.8) is 0 Å². The van der Waals surface area contributed by atoms with E-state index in [4.69, 9.17) is 0 Å². The lowest BCUT2D eigenvalue weighted by molar-refractivity contribution is -0.389. The fraction of sp³-hybridized carbons (Fsp3) is 0.308. The van der Waals surface area contributed by atoms with Crippen LogP contribution in [0.5, 0.6) is 0 Å². The summed E-state index contributed by atoms with van der Waals surface area (Å²) in [6, 6.07) is 3.57. The molecule has 0 unspecified atom stereocenters. The van der Waals surface area contributed by atoms with E-state index in [0.29, 0.717) is 16.7 Å². The Hall–Kier alpha value is -2.22. The van der Waals surface area contributed by atoms with Gasteiger partial charge in [-0.15, -0.1) is 0 Å². The van der Waals surface area contributed by atoms with Crippen LogP contribution in [0.1, 0.15) is 19.0 Å². The van der Waals surface area contributed by atoms with Crippen molar-refractivity contribution < 1.29 is 4.92 Å². The van der Waals surface area contributed by atoms with Gasteiger partial charge in [0.05, 0.1) is 4.92 Å². The second-order valence-electron chi connectivity index (χ2n) is 4.26. The van der Waals surface area contributed by atoms with Gasteiger partial charge in [-0.2, -0.15) is 4.98 Å². The van der Waals surface area contributed by atoms with Crippen LogP contribution < -0.4 is 5.32 Å². The Balaban J connectivity index is 2.39. The molecule has 0 aliphatic rings. The van der Waals surface area contributed by atoms with Gasteiger partial charge in [-0.1, -0.05) is 18.7 Å². The smallest absolute Gasteiger partial charge is 0.322 e. The average molecular weight is 305 g/mol. The van der Waals surface area contributed by atoms with Gasteiger partial charge < -0.3 is 5.32 Å². The van der Waals surface area contributed by atoms with Crippen LogP contribution in [0.4, 0.5) is 11.6 Å². The second kappa shape index (κ2) is 6.98. The topological polar surface area (TPSA) is 93.8 Å². The lowest BCUT2D eigenvalue weighted by Crippen LogP contribution is -2.08. The van der Waals surface area contributed by atoms with Crippen LogP contribution in [0.3, 0.4) is 0 Å². The highest BCUT2D eigenvalue weighted by atomic mass is 32.2. The molecule has 110 valence electrons. The molecule has 0 spiro atoms. The zero-order valence-corrected chi connectivity index (χ0v) is 12.6. The first-order valence-electron chi connectivity index (χ1n) is 6.46. The zero-order valence-electron chi connectivity index (χ0n) is 11.7. The summed E-state index contributed by atoms with van der Waals surface area (Å²) in [5, 5.41) is 14.6. The van der Waals surface area contributed by atoms with E-state index in [1.54, 1.807) is 31.5 Å². The van der Waals surface area contributed by atoms with Crippen molar-refractivity contribution in [2.24, 2.45) is 0 Å². The summed E-state index contributed by atoms with van der Waals surface area (Å²) in [5.41, 5.74) is 0.295. The van der Waals surface area contributed by atoms with Crippen LogP contribution in [0.25, 0.3) is 0 Å². The van der Waals surface area contributed by atoms with E-state index in [1.165, 1.54) is 11.8 Å². The highest BCUT2D eigenvalue weighted by Crippen LogP contribution is 2.35. The van der Waals surface area contributed by atoms with Gasteiger partial charge in [-0.25, -0.2) is 4.98 Å². The minimum atomic E-state index is -0.442. The minimum absolute atomic E-state index is 0.0566. The molecule has 0 atom stereocenters. The lowest BCUT2D eigenvalue weighted by Gasteiger charge is -2.08. The van der Waals surface area contributed by atoms with Crippen LogP contribution in [0.15, 0.2) is 34.4 Å². The fourth-order valence-electron chi connectivity index (χ4n) is 1.66. The predicted octanol–water partition coefficient (Wildman–Crippen LogP) is 3.06. The van der Waals surface area contributed by atoms with Gasteiger partial charge in [0.2, 0.25) is 5.95 Å². The molecule has 0 fully saturated rings. The van der Waals surface area contributed by atoms with E-state index in [-0.39, 0.29) is 5.69 Å². The molecule has 0 saturated heterocycles. The summed E-state index contributed by atoms with van der Waals surface area (Å²) in [5.74, 6) is 0.413. The molecule has 8 heteroatoms. The molecule has 0 aromatic carbocycles. The van der Waals surface area contributed by atoms with Crippen molar-refractivity contribution in [1.29, 1.82) is 0 Å². The van der Waals surface area contributed by atoms with Gasteiger partial charge in [0.25, 0.3) is 0 Å². The van der Waals surface area contributed by atoms with Crippen LogP contribution in [-0.2, 0) is 0 Å². The Morgan fingerprint density at radius 3 is 2.67 bits per heavy atom. The number of nitrogens with one attached hydrogen (secondary N) is 1. The van der Waals surface area contributed by atoms with Gasteiger partial charge in [0.15, 0.2) is 5.03 Å². The number of rotatable bonds is 6. The van der Waals surface area contributed by atoms with Crippen LogP contribution in [0, 0.1) is 17.0 Å². The number of nitro groups is 1. The van der Waals surface area contributed by atoms with Crippen LogP contribution in [0.2, 0.25) is 0 Å². The molecule has 7 nitrogen and oxygen atoms in total. The maximum atomic E-state index is 11.2. The summed E-state index contributed by atoms with van der Waals surface area (Å²) in [6.45, 7) is 4.36. The highest BCUT2D eigenvalue weighted by molar-refractivity contribution is 7.99. The van der Waals surface area contributed by atoms with E-state index < -0.39 is 4.92 Å². The Morgan fingerprint density at radius 2 is 2.05 bits per heavy atom. The summed E-state index contributed by atoms with van der Waals surface area (Å²) in [6.07, 6.45) is 4.20. The minimum Gasteiger partial charge on any atom is -0.354 e. The van der Waals surface area contributed by atoms with E-state index in [0.717, 1.165) is 17.9 Å². The lowest BCUT2D eigenvalue weighted by atomic mass is 10.4. The second-order valence-corrected chi connectivity index (χ2v) is 5.32. The molecule has 2 rings (SSSR count). The van der Waals surface area contributed by atoms with Crippen molar-refractivity contribution in [2.45, 2.75) is 30.2 Å². The Bertz CT molecular complexity index is 636. The van der Waals surface area contributed by atoms with Crippen molar-refractivity contribution in [1.82, 2.24) is 15.0 Å². The van der Waals surface area contributed by atoms with E-state index >= 15 is 0 Å². The standard InChI is InChI=1S/C13H15N5O2S/c1-3-6-15-13-16-9(2)11(18(19)20)12(17-13)21-10-4-7-14-8-5-10/h4-5,7-8H,3,6H2,1-2H3,(H,15,16,17).